The molecule has 0 radical (unpaired) electrons. The zero-order chi connectivity index (χ0) is 24.2. The highest BCUT2D eigenvalue weighted by Crippen LogP contribution is 2.45. The van der Waals surface area contributed by atoms with Gasteiger partial charge in [0.1, 0.15) is 10.0 Å². The molecule has 4 nitrogen and oxygen atoms in total. The number of para-hydroxylation sites is 1. The largest absolute Gasteiger partial charge is 0.317 e. The third-order valence-corrected chi connectivity index (χ3v) is 9.56. The molecule has 1 amide bonds. The van der Waals surface area contributed by atoms with E-state index in [9.17, 15) is 4.79 Å². The van der Waals surface area contributed by atoms with Crippen LogP contribution in [0.5, 0.6) is 0 Å². The van der Waals surface area contributed by atoms with Gasteiger partial charge in [-0.2, -0.15) is 0 Å². The quantitative estimate of drug-likeness (QED) is 0.182. The van der Waals surface area contributed by atoms with Crippen LogP contribution in [0.25, 0.3) is 20.8 Å². The third-order valence-electron chi connectivity index (χ3n) is 6.27. The van der Waals surface area contributed by atoms with E-state index < -0.39 is 0 Å². The van der Waals surface area contributed by atoms with Crippen LogP contribution in [0.15, 0.2) is 53.4 Å². The Morgan fingerprint density at radius 3 is 2.77 bits per heavy atom. The van der Waals surface area contributed by atoms with Crippen molar-refractivity contribution < 1.29 is 4.79 Å². The molecule has 1 aliphatic rings. The summed E-state index contributed by atoms with van der Waals surface area (Å²) in [5.74, 6) is 1.04. The lowest BCUT2D eigenvalue weighted by molar-refractivity contribution is -0.116. The number of thiazole rings is 1. The van der Waals surface area contributed by atoms with Crippen molar-refractivity contribution in [1.29, 1.82) is 0 Å². The monoisotopic (exact) mass is 521 g/mol. The van der Waals surface area contributed by atoms with Gasteiger partial charge in [0.15, 0.2) is 0 Å². The lowest BCUT2D eigenvalue weighted by atomic mass is 10.0. The minimum atomic E-state index is 0.0980. The zero-order valence-corrected chi connectivity index (χ0v) is 22.8. The first-order valence-corrected chi connectivity index (χ1v) is 14.9. The van der Waals surface area contributed by atoms with E-state index >= 15 is 0 Å². The van der Waals surface area contributed by atoms with Gasteiger partial charge in [0, 0.05) is 34.8 Å². The van der Waals surface area contributed by atoms with Gasteiger partial charge in [-0.05, 0) is 68.3 Å². The molecule has 2 aromatic carbocycles. The van der Waals surface area contributed by atoms with Crippen LogP contribution in [-0.4, -0.2) is 34.6 Å². The van der Waals surface area contributed by atoms with Crippen LogP contribution >= 0.6 is 34.4 Å². The molecule has 4 aromatic rings. The molecule has 0 atom stereocenters. The molecule has 0 saturated heterocycles. The molecule has 1 aliphatic heterocycles. The van der Waals surface area contributed by atoms with Crippen LogP contribution in [0, 0.1) is 6.92 Å². The number of aromatic nitrogens is 1. The van der Waals surface area contributed by atoms with Crippen molar-refractivity contribution in [2.24, 2.45) is 0 Å². The van der Waals surface area contributed by atoms with Crippen molar-refractivity contribution >= 4 is 55.6 Å². The maximum absolute atomic E-state index is 13.0. The fraction of sp³-hybridized carbons (Fsp3) is 0.357. The molecule has 3 heterocycles. The van der Waals surface area contributed by atoms with Crippen LogP contribution in [0.1, 0.15) is 42.2 Å². The second kappa shape index (κ2) is 11.2. The van der Waals surface area contributed by atoms with E-state index in [4.69, 9.17) is 4.98 Å². The fourth-order valence-corrected chi connectivity index (χ4v) is 7.77. The SMILES string of the molecule is CCCN1CCc2c(sc(NC(=O)CCCSc3ccc(C)cc3)c2-c2nc3ccccc3s2)C1. The molecule has 0 spiro atoms. The summed E-state index contributed by atoms with van der Waals surface area (Å²) in [4.78, 5) is 23.1. The second-order valence-electron chi connectivity index (χ2n) is 9.03. The van der Waals surface area contributed by atoms with Crippen molar-refractivity contribution in [2.75, 3.05) is 24.2 Å². The summed E-state index contributed by atoms with van der Waals surface area (Å²) in [6.07, 6.45) is 3.56. The highest BCUT2D eigenvalue weighted by molar-refractivity contribution is 7.99. The molecule has 0 bridgehead atoms. The lowest BCUT2D eigenvalue weighted by Crippen LogP contribution is -2.30. The Morgan fingerprint density at radius 2 is 1.97 bits per heavy atom. The Labute approximate surface area is 219 Å². The van der Waals surface area contributed by atoms with E-state index in [-0.39, 0.29) is 5.91 Å². The second-order valence-corrected chi connectivity index (χ2v) is 12.3. The molecule has 0 saturated carbocycles. The van der Waals surface area contributed by atoms with E-state index in [0.717, 1.165) is 65.7 Å². The standard InChI is InChI=1S/C28H31N3OS3/c1-3-15-31-16-14-21-24(18-31)35-28(26(21)27-29-22-7-4-5-8-23(22)34-27)30-25(32)9-6-17-33-20-12-10-19(2)11-13-20/h4-5,7-8,10-13H,3,6,9,14-18H2,1-2H3,(H,30,32). The summed E-state index contributed by atoms with van der Waals surface area (Å²) in [5, 5.41) is 5.28. The molecule has 182 valence electrons. The molecule has 5 rings (SSSR count). The van der Waals surface area contributed by atoms with Gasteiger partial charge in [0.05, 0.1) is 10.2 Å². The summed E-state index contributed by atoms with van der Waals surface area (Å²) >= 11 is 5.29. The van der Waals surface area contributed by atoms with Gasteiger partial charge in [-0.15, -0.1) is 34.4 Å². The molecular formula is C28H31N3OS3. The van der Waals surface area contributed by atoms with Crippen LogP contribution < -0.4 is 5.32 Å². The van der Waals surface area contributed by atoms with Gasteiger partial charge < -0.3 is 5.32 Å². The molecule has 0 aliphatic carbocycles. The molecule has 0 fully saturated rings. The number of thiophene rings is 1. The number of benzene rings is 2. The van der Waals surface area contributed by atoms with E-state index in [1.54, 1.807) is 22.7 Å². The van der Waals surface area contributed by atoms with Gasteiger partial charge in [-0.3, -0.25) is 9.69 Å². The van der Waals surface area contributed by atoms with Crippen LogP contribution in [-0.2, 0) is 17.8 Å². The normalized spacial score (nSPS) is 13.8. The predicted molar refractivity (Wildman–Crippen MR) is 152 cm³/mol. The molecular weight excluding hydrogens is 491 g/mol. The summed E-state index contributed by atoms with van der Waals surface area (Å²) in [7, 11) is 0. The average molecular weight is 522 g/mol. The van der Waals surface area contributed by atoms with Crippen molar-refractivity contribution in [1.82, 2.24) is 9.88 Å². The number of hydrogen-bond donors (Lipinski definition) is 1. The summed E-state index contributed by atoms with van der Waals surface area (Å²) < 4.78 is 1.19. The van der Waals surface area contributed by atoms with Gasteiger partial charge >= 0.3 is 0 Å². The maximum Gasteiger partial charge on any atom is 0.225 e. The zero-order valence-electron chi connectivity index (χ0n) is 20.3. The number of aryl methyl sites for hydroxylation is 1. The van der Waals surface area contributed by atoms with E-state index in [1.807, 2.05) is 17.8 Å². The number of carbonyl (C=O) groups is 1. The van der Waals surface area contributed by atoms with Crippen molar-refractivity contribution in [3.63, 3.8) is 0 Å². The van der Waals surface area contributed by atoms with Crippen molar-refractivity contribution in [3.05, 3.63) is 64.5 Å². The number of hydrogen-bond acceptors (Lipinski definition) is 6. The van der Waals surface area contributed by atoms with Gasteiger partial charge in [0.25, 0.3) is 0 Å². The first-order chi connectivity index (χ1) is 17.1. The van der Waals surface area contributed by atoms with Crippen LogP contribution in [0.3, 0.4) is 0 Å². The van der Waals surface area contributed by atoms with Crippen LogP contribution in [0.4, 0.5) is 5.00 Å². The number of nitrogens with zero attached hydrogens (tertiary/aromatic N) is 2. The highest BCUT2D eigenvalue weighted by Gasteiger charge is 2.27. The van der Waals surface area contributed by atoms with E-state index in [2.05, 4.69) is 66.5 Å². The highest BCUT2D eigenvalue weighted by atomic mass is 32.2. The van der Waals surface area contributed by atoms with Crippen molar-refractivity contribution in [3.8, 4) is 10.6 Å². The molecule has 7 heteroatoms. The van der Waals surface area contributed by atoms with Gasteiger partial charge in [-0.1, -0.05) is 36.8 Å². The molecule has 2 aromatic heterocycles. The summed E-state index contributed by atoms with van der Waals surface area (Å²) in [6.45, 7) is 7.49. The van der Waals surface area contributed by atoms with Gasteiger partial charge in [-0.25, -0.2) is 4.98 Å². The van der Waals surface area contributed by atoms with E-state index in [1.165, 1.54) is 25.6 Å². The fourth-order valence-electron chi connectivity index (χ4n) is 4.50. The number of fused-ring (bicyclic) bond motifs is 2. The topological polar surface area (TPSA) is 45.2 Å². The minimum absolute atomic E-state index is 0.0980. The minimum Gasteiger partial charge on any atom is -0.317 e. The predicted octanol–water partition coefficient (Wildman–Crippen LogP) is 7.61. The van der Waals surface area contributed by atoms with Crippen molar-refractivity contribution in [2.45, 2.75) is 51.0 Å². The number of anilines is 1. The summed E-state index contributed by atoms with van der Waals surface area (Å²) in [6, 6.07) is 16.9. The molecule has 1 N–H and O–H groups in total. The molecule has 0 unspecified atom stereocenters. The number of nitrogens with one attached hydrogen (secondary N) is 1. The molecule has 35 heavy (non-hydrogen) atoms. The first kappa shape index (κ1) is 24.5. The lowest BCUT2D eigenvalue weighted by Gasteiger charge is -2.26. The van der Waals surface area contributed by atoms with Gasteiger partial charge in [0.2, 0.25) is 5.91 Å². The number of amides is 1. The van der Waals surface area contributed by atoms with E-state index in [0.29, 0.717) is 6.42 Å². The Kier molecular flexibility index (Phi) is 7.88. The maximum atomic E-state index is 13.0. The first-order valence-electron chi connectivity index (χ1n) is 12.3. The van der Waals surface area contributed by atoms with Crippen LogP contribution in [0.2, 0.25) is 0 Å². The third kappa shape index (κ3) is 5.80. The number of rotatable bonds is 9. The summed E-state index contributed by atoms with van der Waals surface area (Å²) in [5.41, 5.74) is 4.84. The Hall–Kier alpha value is -2.19. The Bertz CT molecular complexity index is 1280. The number of carbonyl (C=O) groups excluding carboxylic acids is 1. The smallest absolute Gasteiger partial charge is 0.225 e. The Balaban J connectivity index is 1.31. The average Bonchev–Trinajstić information content (AvgIpc) is 3.43. The Morgan fingerprint density at radius 1 is 1.14 bits per heavy atom. The number of thioether (sulfide) groups is 1.